The number of hydrogen-bond donors (Lipinski definition) is 2. The first-order valence-corrected chi connectivity index (χ1v) is 4.76. The fourth-order valence-electron chi connectivity index (χ4n) is 0.762. The average Bonchev–Trinajstić information content (AvgIpc) is 2.32. The third kappa shape index (κ3) is 3.20. The number of aromatic amines is 1. The van der Waals surface area contributed by atoms with Gasteiger partial charge >= 0.3 is 0 Å². The summed E-state index contributed by atoms with van der Waals surface area (Å²) in [5.74, 6) is -0.229. The summed E-state index contributed by atoms with van der Waals surface area (Å²) in [6.45, 7) is 0. The maximum atomic E-state index is 10.3. The molecule has 0 spiro atoms. The van der Waals surface area contributed by atoms with Gasteiger partial charge in [-0.3, -0.25) is 4.55 Å². The van der Waals surface area contributed by atoms with E-state index in [1.54, 1.807) is 18.3 Å². The van der Waals surface area contributed by atoms with Crippen LogP contribution in [0.5, 0.6) is 0 Å². The van der Waals surface area contributed by atoms with Crippen LogP contribution in [0, 0.1) is 0 Å². The van der Waals surface area contributed by atoms with Crippen molar-refractivity contribution >= 4 is 10.1 Å². The minimum atomic E-state index is -3.82. The van der Waals surface area contributed by atoms with Crippen LogP contribution in [0.1, 0.15) is 5.69 Å². The summed E-state index contributed by atoms with van der Waals surface area (Å²) >= 11 is 0. The van der Waals surface area contributed by atoms with Crippen molar-refractivity contribution in [2.45, 2.75) is 6.42 Å². The average molecular weight is 175 g/mol. The largest absolute Gasteiger partial charge is 0.365 e. The van der Waals surface area contributed by atoms with Crippen molar-refractivity contribution in [3.05, 3.63) is 24.0 Å². The van der Waals surface area contributed by atoms with Gasteiger partial charge in [-0.1, -0.05) is 0 Å². The Morgan fingerprint density at radius 1 is 1.55 bits per heavy atom. The lowest BCUT2D eigenvalue weighted by atomic mass is 10.3. The van der Waals surface area contributed by atoms with E-state index in [4.69, 9.17) is 4.55 Å². The van der Waals surface area contributed by atoms with E-state index < -0.39 is 10.1 Å². The van der Waals surface area contributed by atoms with Crippen molar-refractivity contribution in [1.29, 1.82) is 0 Å². The van der Waals surface area contributed by atoms with Gasteiger partial charge in [0, 0.05) is 18.3 Å². The number of H-pyrrole nitrogens is 1. The van der Waals surface area contributed by atoms with Crippen LogP contribution in [-0.4, -0.2) is 23.7 Å². The molecule has 11 heavy (non-hydrogen) atoms. The lowest BCUT2D eigenvalue weighted by Crippen LogP contribution is -2.06. The van der Waals surface area contributed by atoms with Crippen LogP contribution >= 0.6 is 0 Å². The van der Waals surface area contributed by atoms with Gasteiger partial charge in [0.1, 0.15) is 0 Å². The highest BCUT2D eigenvalue weighted by atomic mass is 32.2. The van der Waals surface area contributed by atoms with Gasteiger partial charge in [-0.05, 0) is 12.1 Å². The number of nitrogens with one attached hydrogen (secondary N) is 1. The van der Waals surface area contributed by atoms with Crippen LogP contribution in [0.2, 0.25) is 0 Å². The summed E-state index contributed by atoms with van der Waals surface area (Å²) in [6, 6.07) is 3.55. The van der Waals surface area contributed by atoms with Crippen LogP contribution < -0.4 is 0 Å². The molecule has 0 saturated carbocycles. The Labute approximate surface area is 65.0 Å². The molecule has 2 N–H and O–H groups in total. The van der Waals surface area contributed by atoms with E-state index in [1.165, 1.54) is 0 Å². The van der Waals surface area contributed by atoms with E-state index in [0.717, 1.165) is 5.69 Å². The zero-order valence-electron chi connectivity index (χ0n) is 5.82. The van der Waals surface area contributed by atoms with Gasteiger partial charge in [0.05, 0.1) is 5.75 Å². The van der Waals surface area contributed by atoms with E-state index in [0.29, 0.717) is 6.42 Å². The van der Waals surface area contributed by atoms with Gasteiger partial charge in [0.2, 0.25) is 0 Å². The zero-order valence-corrected chi connectivity index (χ0v) is 6.63. The highest BCUT2D eigenvalue weighted by Gasteiger charge is 2.04. The van der Waals surface area contributed by atoms with E-state index >= 15 is 0 Å². The number of aryl methyl sites for hydroxylation is 1. The summed E-state index contributed by atoms with van der Waals surface area (Å²) in [5.41, 5.74) is 0.808. The molecule has 0 bridgehead atoms. The molecule has 0 aliphatic heterocycles. The third-order valence-electron chi connectivity index (χ3n) is 1.29. The Morgan fingerprint density at radius 3 is 2.73 bits per heavy atom. The summed E-state index contributed by atoms with van der Waals surface area (Å²) in [5, 5.41) is 0. The first-order valence-electron chi connectivity index (χ1n) is 3.15. The molecule has 0 amide bonds. The highest BCUT2D eigenvalue weighted by Crippen LogP contribution is 1.97. The Balaban J connectivity index is 2.48. The lowest BCUT2D eigenvalue weighted by molar-refractivity contribution is 0.482. The molecule has 1 rings (SSSR count). The SMILES string of the molecule is O=S(=O)(O)CCc1ccc[nH]1. The van der Waals surface area contributed by atoms with Crippen LogP contribution in [0.4, 0.5) is 0 Å². The Morgan fingerprint density at radius 2 is 2.27 bits per heavy atom. The van der Waals surface area contributed by atoms with E-state index in [9.17, 15) is 8.42 Å². The van der Waals surface area contributed by atoms with Gasteiger partial charge in [0.15, 0.2) is 0 Å². The molecular formula is C6H9NO3S. The maximum Gasteiger partial charge on any atom is 0.265 e. The van der Waals surface area contributed by atoms with Crippen LogP contribution in [-0.2, 0) is 16.5 Å². The predicted octanol–water partition coefficient (Wildman–Crippen LogP) is 0.445. The van der Waals surface area contributed by atoms with Crippen molar-refractivity contribution in [3.8, 4) is 0 Å². The molecule has 0 unspecified atom stereocenters. The van der Waals surface area contributed by atoms with Crippen molar-refractivity contribution in [3.63, 3.8) is 0 Å². The Hall–Kier alpha value is -0.810. The molecule has 0 atom stereocenters. The van der Waals surface area contributed by atoms with Gasteiger partial charge in [0.25, 0.3) is 10.1 Å². The summed E-state index contributed by atoms with van der Waals surface area (Å²) in [6.07, 6.45) is 2.03. The number of aromatic nitrogens is 1. The molecular weight excluding hydrogens is 166 g/mol. The second kappa shape index (κ2) is 3.06. The minimum Gasteiger partial charge on any atom is -0.365 e. The first kappa shape index (κ1) is 8.29. The Bertz CT molecular complexity index is 301. The van der Waals surface area contributed by atoms with Crippen molar-refractivity contribution < 1.29 is 13.0 Å². The van der Waals surface area contributed by atoms with Crippen LogP contribution in [0.25, 0.3) is 0 Å². The zero-order chi connectivity index (χ0) is 8.32. The topological polar surface area (TPSA) is 70.2 Å². The molecule has 0 aliphatic carbocycles. The highest BCUT2D eigenvalue weighted by molar-refractivity contribution is 7.85. The molecule has 1 heterocycles. The molecule has 5 heteroatoms. The molecule has 4 nitrogen and oxygen atoms in total. The van der Waals surface area contributed by atoms with Crippen molar-refractivity contribution in [2.24, 2.45) is 0 Å². The standard InChI is InChI=1S/C6H9NO3S/c8-11(9,10)5-3-6-2-1-4-7-6/h1-2,4,7H,3,5H2,(H,8,9,10). The molecule has 1 aromatic heterocycles. The lowest BCUT2D eigenvalue weighted by Gasteiger charge is -1.93. The monoisotopic (exact) mass is 175 g/mol. The molecule has 0 aromatic carbocycles. The number of rotatable bonds is 3. The van der Waals surface area contributed by atoms with E-state index in [2.05, 4.69) is 4.98 Å². The molecule has 0 fully saturated rings. The minimum absolute atomic E-state index is 0.229. The van der Waals surface area contributed by atoms with E-state index in [-0.39, 0.29) is 5.75 Å². The molecule has 62 valence electrons. The van der Waals surface area contributed by atoms with Crippen molar-refractivity contribution in [1.82, 2.24) is 4.98 Å². The quantitative estimate of drug-likeness (QED) is 0.655. The van der Waals surface area contributed by atoms with Gasteiger partial charge < -0.3 is 4.98 Å². The molecule has 0 radical (unpaired) electrons. The van der Waals surface area contributed by atoms with Crippen LogP contribution in [0.3, 0.4) is 0 Å². The fourth-order valence-corrected chi connectivity index (χ4v) is 1.24. The summed E-state index contributed by atoms with van der Waals surface area (Å²) < 4.78 is 28.9. The van der Waals surface area contributed by atoms with Crippen molar-refractivity contribution in [2.75, 3.05) is 5.75 Å². The summed E-state index contributed by atoms with van der Waals surface area (Å²) in [7, 11) is -3.82. The van der Waals surface area contributed by atoms with Crippen LogP contribution in [0.15, 0.2) is 18.3 Å². The fraction of sp³-hybridized carbons (Fsp3) is 0.333. The first-order chi connectivity index (χ1) is 5.08. The van der Waals surface area contributed by atoms with Gasteiger partial charge in [-0.25, -0.2) is 0 Å². The Kier molecular flexibility index (Phi) is 2.31. The molecule has 0 aliphatic rings. The second-order valence-electron chi connectivity index (χ2n) is 2.23. The molecule has 1 aromatic rings. The van der Waals surface area contributed by atoms with Gasteiger partial charge in [-0.15, -0.1) is 0 Å². The second-order valence-corrected chi connectivity index (χ2v) is 3.80. The molecule has 0 saturated heterocycles. The third-order valence-corrected chi connectivity index (χ3v) is 2.01. The van der Waals surface area contributed by atoms with E-state index in [1.807, 2.05) is 0 Å². The smallest absolute Gasteiger partial charge is 0.265 e. The number of hydrogen-bond acceptors (Lipinski definition) is 2. The predicted molar refractivity (Wildman–Crippen MR) is 40.9 cm³/mol. The summed E-state index contributed by atoms with van der Waals surface area (Å²) in [4.78, 5) is 2.83. The normalized spacial score (nSPS) is 11.7. The maximum absolute atomic E-state index is 10.3. The van der Waals surface area contributed by atoms with Gasteiger partial charge in [-0.2, -0.15) is 8.42 Å².